The molecule has 102 valence electrons. The number of phenolic OH excluding ortho intramolecular Hbond substituents is 1. The van der Waals surface area contributed by atoms with Gasteiger partial charge in [0, 0.05) is 13.1 Å². The van der Waals surface area contributed by atoms with Gasteiger partial charge in [0.1, 0.15) is 5.75 Å². The number of nitrogens with zero attached hydrogens (tertiary/aromatic N) is 2. The Kier molecular flexibility index (Phi) is 3.23. The van der Waals surface area contributed by atoms with Gasteiger partial charge in [-0.2, -0.15) is 0 Å². The van der Waals surface area contributed by atoms with Crippen molar-refractivity contribution in [2.75, 3.05) is 16.3 Å². The Morgan fingerprint density at radius 3 is 2.65 bits per heavy atom. The van der Waals surface area contributed by atoms with Crippen LogP contribution in [0.2, 0.25) is 5.02 Å². The lowest BCUT2D eigenvalue weighted by Crippen LogP contribution is -2.40. The summed E-state index contributed by atoms with van der Waals surface area (Å²) >= 11 is 7.45. The number of benzene rings is 2. The number of amides is 2. The van der Waals surface area contributed by atoms with Crippen LogP contribution in [0.25, 0.3) is 0 Å². The Labute approximate surface area is 125 Å². The minimum atomic E-state index is -0.207. The number of halogens is 1. The van der Waals surface area contributed by atoms with Gasteiger partial charge in [0.25, 0.3) is 0 Å². The Bertz CT molecular complexity index is 693. The van der Waals surface area contributed by atoms with Crippen LogP contribution >= 0.6 is 23.5 Å². The molecule has 0 radical (unpaired) electrons. The van der Waals surface area contributed by atoms with Crippen molar-refractivity contribution in [3.8, 4) is 5.75 Å². The first-order valence-corrected chi connectivity index (χ1v) is 7.06. The van der Waals surface area contributed by atoms with E-state index in [1.54, 1.807) is 41.7 Å². The molecule has 0 spiro atoms. The highest BCUT2D eigenvalue weighted by atomic mass is 35.5. The van der Waals surface area contributed by atoms with Gasteiger partial charge in [0.2, 0.25) is 0 Å². The third kappa shape index (κ3) is 2.09. The van der Waals surface area contributed by atoms with E-state index in [1.807, 2.05) is 12.1 Å². The predicted molar refractivity (Wildman–Crippen MR) is 81.7 cm³/mol. The summed E-state index contributed by atoms with van der Waals surface area (Å²) < 4.78 is 1.54. The molecule has 2 aromatic carbocycles. The molecule has 0 atom stereocenters. The number of rotatable bonds is 1. The van der Waals surface area contributed by atoms with Gasteiger partial charge < -0.3 is 5.11 Å². The third-order valence-corrected chi connectivity index (χ3v) is 4.42. The topological polar surface area (TPSA) is 43.8 Å². The fraction of sp³-hybridized carbons (Fsp3) is 0.0714. The number of aromatic hydroxyl groups is 1. The third-order valence-electron chi connectivity index (χ3n) is 3.03. The lowest BCUT2D eigenvalue weighted by atomic mass is 10.2. The molecule has 0 saturated heterocycles. The number of carbonyl (C=O) groups excluding carboxylic acids is 1. The molecule has 1 aliphatic heterocycles. The fourth-order valence-corrected chi connectivity index (χ4v) is 3.33. The average molecular weight is 307 g/mol. The molecule has 0 unspecified atom stereocenters. The number of phenols is 1. The van der Waals surface area contributed by atoms with Gasteiger partial charge in [0.15, 0.2) is 0 Å². The van der Waals surface area contributed by atoms with E-state index in [0.717, 1.165) is 4.90 Å². The highest BCUT2D eigenvalue weighted by molar-refractivity contribution is 8.01. The number of hydrogen-bond donors (Lipinski definition) is 1. The number of para-hydroxylation sites is 1. The van der Waals surface area contributed by atoms with Crippen LogP contribution in [-0.4, -0.2) is 18.2 Å². The minimum absolute atomic E-state index is 0.134. The molecule has 1 N–H and O–H groups in total. The molecular formula is C14H11ClN2O2S. The van der Waals surface area contributed by atoms with E-state index in [-0.39, 0.29) is 11.8 Å². The Balaban J connectivity index is 2.07. The van der Waals surface area contributed by atoms with Crippen molar-refractivity contribution in [2.45, 2.75) is 4.90 Å². The molecule has 0 saturated carbocycles. The molecule has 4 nitrogen and oxygen atoms in total. The standard InChI is InChI=1S/C14H11ClN2O2S/c1-16-12-8-9(18)6-7-13(12)20-17(14(16)19)11-5-3-2-4-10(11)15/h2-8,18H,1H3. The number of carbonyl (C=O) groups is 1. The maximum Gasteiger partial charge on any atom is 0.339 e. The van der Waals surface area contributed by atoms with Gasteiger partial charge in [-0.3, -0.25) is 4.90 Å². The van der Waals surface area contributed by atoms with Gasteiger partial charge in [0.05, 0.1) is 21.3 Å². The van der Waals surface area contributed by atoms with Crippen LogP contribution in [0.5, 0.6) is 5.75 Å². The summed E-state index contributed by atoms with van der Waals surface area (Å²) in [5, 5.41) is 10.1. The molecule has 1 heterocycles. The SMILES string of the molecule is CN1C(=O)N(c2ccccc2Cl)Sc2ccc(O)cc21. The zero-order valence-electron chi connectivity index (χ0n) is 10.6. The van der Waals surface area contributed by atoms with Crippen molar-refractivity contribution in [3.63, 3.8) is 0 Å². The maximum atomic E-state index is 12.4. The van der Waals surface area contributed by atoms with Crippen LogP contribution in [0.15, 0.2) is 47.4 Å². The minimum Gasteiger partial charge on any atom is -0.508 e. The normalized spacial score (nSPS) is 14.4. The van der Waals surface area contributed by atoms with E-state index in [9.17, 15) is 9.90 Å². The first-order valence-electron chi connectivity index (χ1n) is 5.91. The van der Waals surface area contributed by atoms with Gasteiger partial charge in [-0.1, -0.05) is 23.7 Å². The Morgan fingerprint density at radius 1 is 1.15 bits per heavy atom. The van der Waals surface area contributed by atoms with Crippen molar-refractivity contribution in [3.05, 3.63) is 47.5 Å². The molecule has 1 aliphatic rings. The van der Waals surface area contributed by atoms with Crippen molar-refractivity contribution < 1.29 is 9.90 Å². The zero-order chi connectivity index (χ0) is 14.3. The predicted octanol–water partition coefficient (Wildman–Crippen LogP) is 4.13. The van der Waals surface area contributed by atoms with Crippen molar-refractivity contribution in [1.82, 2.24) is 0 Å². The second-order valence-electron chi connectivity index (χ2n) is 4.33. The highest BCUT2D eigenvalue weighted by Crippen LogP contribution is 2.43. The summed E-state index contributed by atoms with van der Waals surface area (Å²) in [5.74, 6) is 0.134. The second-order valence-corrected chi connectivity index (χ2v) is 5.73. The summed E-state index contributed by atoms with van der Waals surface area (Å²) in [6.07, 6.45) is 0. The van der Waals surface area contributed by atoms with Crippen LogP contribution in [0.1, 0.15) is 0 Å². The van der Waals surface area contributed by atoms with E-state index in [2.05, 4.69) is 0 Å². The molecule has 6 heteroatoms. The van der Waals surface area contributed by atoms with Crippen LogP contribution in [0.3, 0.4) is 0 Å². The van der Waals surface area contributed by atoms with E-state index < -0.39 is 0 Å². The van der Waals surface area contributed by atoms with Gasteiger partial charge in [-0.15, -0.1) is 0 Å². The van der Waals surface area contributed by atoms with Crippen molar-refractivity contribution in [2.24, 2.45) is 0 Å². The first kappa shape index (κ1) is 13.1. The fourth-order valence-electron chi connectivity index (χ4n) is 1.99. The lowest BCUT2D eigenvalue weighted by molar-refractivity contribution is 0.255. The molecule has 0 aliphatic carbocycles. The molecule has 0 bridgehead atoms. The second kappa shape index (κ2) is 4.92. The van der Waals surface area contributed by atoms with Gasteiger partial charge in [-0.05, 0) is 36.2 Å². The Hall–Kier alpha value is -1.85. The molecular weight excluding hydrogens is 296 g/mol. The highest BCUT2D eigenvalue weighted by Gasteiger charge is 2.31. The molecule has 0 fully saturated rings. The first-order chi connectivity index (χ1) is 9.58. The van der Waals surface area contributed by atoms with Crippen LogP contribution in [-0.2, 0) is 0 Å². The Morgan fingerprint density at radius 2 is 1.90 bits per heavy atom. The zero-order valence-corrected chi connectivity index (χ0v) is 12.1. The van der Waals surface area contributed by atoms with E-state index in [1.165, 1.54) is 16.8 Å². The molecule has 0 aromatic heterocycles. The van der Waals surface area contributed by atoms with Crippen molar-refractivity contribution in [1.29, 1.82) is 0 Å². The summed E-state index contributed by atoms with van der Waals surface area (Å²) in [6, 6.07) is 11.9. The smallest absolute Gasteiger partial charge is 0.339 e. The van der Waals surface area contributed by atoms with E-state index >= 15 is 0 Å². The van der Waals surface area contributed by atoms with E-state index in [4.69, 9.17) is 11.6 Å². The number of fused-ring (bicyclic) bond motifs is 1. The maximum absolute atomic E-state index is 12.4. The monoisotopic (exact) mass is 306 g/mol. The quantitative estimate of drug-likeness (QED) is 0.806. The largest absolute Gasteiger partial charge is 0.508 e. The lowest BCUT2D eigenvalue weighted by Gasteiger charge is -2.33. The summed E-state index contributed by atoms with van der Waals surface area (Å²) in [4.78, 5) is 14.8. The van der Waals surface area contributed by atoms with Crippen LogP contribution in [0.4, 0.5) is 16.2 Å². The summed E-state index contributed by atoms with van der Waals surface area (Å²) in [6.45, 7) is 0. The van der Waals surface area contributed by atoms with Gasteiger partial charge in [-0.25, -0.2) is 9.10 Å². The summed E-state index contributed by atoms with van der Waals surface area (Å²) in [7, 11) is 1.67. The van der Waals surface area contributed by atoms with Crippen molar-refractivity contribution >= 4 is 41.0 Å². The average Bonchev–Trinajstić information content (AvgIpc) is 2.44. The number of anilines is 2. The molecule has 2 aromatic rings. The summed E-state index contributed by atoms with van der Waals surface area (Å²) in [5.41, 5.74) is 1.33. The van der Waals surface area contributed by atoms with E-state index in [0.29, 0.717) is 16.4 Å². The van der Waals surface area contributed by atoms with Crippen LogP contribution < -0.4 is 9.21 Å². The molecule has 20 heavy (non-hydrogen) atoms. The molecule has 2 amide bonds. The number of hydrogen-bond acceptors (Lipinski definition) is 3. The van der Waals surface area contributed by atoms with Gasteiger partial charge >= 0.3 is 6.03 Å². The van der Waals surface area contributed by atoms with Crippen LogP contribution in [0, 0.1) is 0 Å². The molecule has 3 rings (SSSR count). The number of urea groups is 1.